The first-order valence-electron chi connectivity index (χ1n) is 9.58. The maximum absolute atomic E-state index is 12.2. The number of hydrogen-bond donors (Lipinski definition) is 3. The van der Waals surface area contributed by atoms with Crippen LogP contribution in [0, 0.1) is 5.41 Å². The molecule has 0 bridgehead atoms. The lowest BCUT2D eigenvalue weighted by atomic mass is 9.87. The van der Waals surface area contributed by atoms with Crippen molar-refractivity contribution in [1.82, 2.24) is 10.6 Å². The van der Waals surface area contributed by atoms with Crippen molar-refractivity contribution in [2.45, 2.75) is 60.6 Å². The number of carbonyl (C=O) groups excluding carboxylic acids is 3. The standard InChI is InChI=1S/C22H33N3O4/c1-15(21(2,3)4)11-18(26)25-17-10-8-9-16(12-17)13-23-19(27)14-24-20(28)29-22(5,6)7/h8-12H,13-14H2,1-7H3,(H,23,27)(H,24,28)(H,25,26)/b15-11+. The van der Waals surface area contributed by atoms with Crippen LogP contribution in [0.25, 0.3) is 0 Å². The summed E-state index contributed by atoms with van der Waals surface area (Å²) in [6.07, 6.45) is 0.951. The molecule has 29 heavy (non-hydrogen) atoms. The molecule has 7 nitrogen and oxygen atoms in total. The number of hydrogen-bond acceptors (Lipinski definition) is 4. The van der Waals surface area contributed by atoms with Crippen LogP contribution in [-0.4, -0.2) is 30.1 Å². The number of amides is 3. The normalized spacial score (nSPS) is 12.2. The largest absolute Gasteiger partial charge is 0.444 e. The van der Waals surface area contributed by atoms with Crippen molar-refractivity contribution in [2.75, 3.05) is 11.9 Å². The summed E-state index contributed by atoms with van der Waals surface area (Å²) in [4.78, 5) is 35.7. The Hall–Kier alpha value is -2.83. The van der Waals surface area contributed by atoms with E-state index in [0.29, 0.717) is 5.69 Å². The van der Waals surface area contributed by atoms with Crippen molar-refractivity contribution in [3.8, 4) is 0 Å². The lowest BCUT2D eigenvalue weighted by Gasteiger charge is -2.19. The molecule has 1 aromatic rings. The van der Waals surface area contributed by atoms with E-state index in [2.05, 4.69) is 16.0 Å². The molecule has 0 aromatic heterocycles. The minimum Gasteiger partial charge on any atom is -0.444 e. The first-order valence-corrected chi connectivity index (χ1v) is 9.58. The van der Waals surface area contributed by atoms with Gasteiger partial charge in [-0.3, -0.25) is 9.59 Å². The van der Waals surface area contributed by atoms with E-state index in [9.17, 15) is 14.4 Å². The molecule has 0 aliphatic carbocycles. The number of anilines is 1. The second-order valence-electron chi connectivity index (χ2n) is 8.90. The van der Waals surface area contributed by atoms with Crippen LogP contribution in [0.4, 0.5) is 10.5 Å². The van der Waals surface area contributed by atoms with Gasteiger partial charge in [0.2, 0.25) is 11.8 Å². The molecule has 0 unspecified atom stereocenters. The van der Waals surface area contributed by atoms with E-state index < -0.39 is 11.7 Å². The van der Waals surface area contributed by atoms with Gasteiger partial charge in [-0.2, -0.15) is 0 Å². The van der Waals surface area contributed by atoms with Gasteiger partial charge in [-0.25, -0.2) is 4.79 Å². The van der Waals surface area contributed by atoms with Crippen molar-refractivity contribution < 1.29 is 19.1 Å². The summed E-state index contributed by atoms with van der Waals surface area (Å²) in [5.41, 5.74) is 1.76. The smallest absolute Gasteiger partial charge is 0.408 e. The van der Waals surface area contributed by atoms with Crippen LogP contribution in [0.2, 0.25) is 0 Å². The van der Waals surface area contributed by atoms with Crippen molar-refractivity contribution >= 4 is 23.6 Å². The fourth-order valence-electron chi connectivity index (χ4n) is 2.08. The molecule has 0 radical (unpaired) electrons. The third-order valence-corrected chi connectivity index (χ3v) is 4.01. The van der Waals surface area contributed by atoms with Crippen molar-refractivity contribution in [1.29, 1.82) is 0 Å². The Morgan fingerprint density at radius 1 is 1.03 bits per heavy atom. The molecule has 3 amide bonds. The Kier molecular flexibility index (Phi) is 8.42. The van der Waals surface area contributed by atoms with Gasteiger partial charge in [-0.15, -0.1) is 0 Å². The average Bonchev–Trinajstić information content (AvgIpc) is 2.56. The van der Waals surface area contributed by atoms with Crippen LogP contribution in [0.15, 0.2) is 35.9 Å². The number of nitrogens with one attached hydrogen (secondary N) is 3. The summed E-state index contributed by atoms with van der Waals surface area (Å²) in [6, 6.07) is 7.22. The van der Waals surface area contributed by atoms with Crippen molar-refractivity contribution in [3.63, 3.8) is 0 Å². The van der Waals surface area contributed by atoms with Gasteiger partial charge in [-0.05, 0) is 50.8 Å². The van der Waals surface area contributed by atoms with E-state index in [1.807, 2.05) is 33.8 Å². The molecular formula is C22H33N3O4. The zero-order chi connectivity index (χ0) is 22.2. The first-order chi connectivity index (χ1) is 13.3. The molecule has 0 saturated carbocycles. The summed E-state index contributed by atoms with van der Waals surface area (Å²) in [5.74, 6) is -0.533. The first kappa shape index (κ1) is 24.2. The van der Waals surface area contributed by atoms with Crippen LogP contribution < -0.4 is 16.0 Å². The molecule has 0 fully saturated rings. The molecule has 7 heteroatoms. The average molecular weight is 404 g/mol. The SMILES string of the molecule is C/C(=C\C(=O)Nc1cccc(CNC(=O)CNC(=O)OC(C)(C)C)c1)C(C)(C)C. The fourth-order valence-corrected chi connectivity index (χ4v) is 2.08. The monoisotopic (exact) mass is 403 g/mol. The summed E-state index contributed by atoms with van der Waals surface area (Å²) in [5, 5.41) is 7.96. The minimum absolute atomic E-state index is 0.0726. The van der Waals surface area contributed by atoms with E-state index in [-0.39, 0.29) is 30.3 Å². The molecule has 0 atom stereocenters. The number of ether oxygens (including phenoxy) is 1. The quantitative estimate of drug-likeness (QED) is 0.630. The number of benzene rings is 1. The minimum atomic E-state index is -0.643. The van der Waals surface area contributed by atoms with E-state index in [1.165, 1.54) is 0 Å². The summed E-state index contributed by atoms with van der Waals surface area (Å²) in [6.45, 7) is 13.4. The maximum Gasteiger partial charge on any atom is 0.408 e. The molecule has 0 heterocycles. The maximum atomic E-state index is 12.2. The van der Waals surface area contributed by atoms with Gasteiger partial charge in [0.05, 0.1) is 0 Å². The predicted molar refractivity (Wildman–Crippen MR) is 114 cm³/mol. The Morgan fingerprint density at radius 3 is 2.28 bits per heavy atom. The van der Waals surface area contributed by atoms with Crippen LogP contribution in [0.3, 0.4) is 0 Å². The van der Waals surface area contributed by atoms with E-state index >= 15 is 0 Å². The molecule has 0 aliphatic heterocycles. The molecule has 0 saturated heterocycles. The molecule has 1 rings (SSSR count). The third-order valence-electron chi connectivity index (χ3n) is 4.01. The Morgan fingerprint density at radius 2 is 1.69 bits per heavy atom. The molecular weight excluding hydrogens is 370 g/mol. The van der Waals surface area contributed by atoms with E-state index in [1.54, 1.807) is 45.0 Å². The molecule has 0 aliphatic rings. The number of alkyl carbamates (subject to hydrolysis) is 1. The highest BCUT2D eigenvalue weighted by molar-refractivity contribution is 5.99. The molecule has 3 N–H and O–H groups in total. The van der Waals surface area contributed by atoms with Crippen molar-refractivity contribution in [2.24, 2.45) is 5.41 Å². The predicted octanol–water partition coefficient (Wildman–Crippen LogP) is 3.76. The zero-order valence-corrected chi connectivity index (χ0v) is 18.4. The second-order valence-corrected chi connectivity index (χ2v) is 8.90. The number of allylic oxidation sites excluding steroid dienone is 1. The van der Waals surface area contributed by atoms with Gasteiger partial charge in [0.15, 0.2) is 0 Å². The van der Waals surface area contributed by atoms with Gasteiger partial charge >= 0.3 is 6.09 Å². The Balaban J connectivity index is 2.54. The van der Waals surface area contributed by atoms with Gasteiger partial charge in [0.25, 0.3) is 0 Å². The summed E-state index contributed by atoms with van der Waals surface area (Å²) < 4.78 is 5.08. The van der Waals surface area contributed by atoms with Gasteiger partial charge in [0, 0.05) is 18.3 Å². The number of rotatable bonds is 6. The second kappa shape index (κ2) is 10.1. The Bertz CT molecular complexity index is 771. The molecule has 160 valence electrons. The van der Waals surface area contributed by atoms with Crippen molar-refractivity contribution in [3.05, 3.63) is 41.5 Å². The summed E-state index contributed by atoms with van der Waals surface area (Å²) in [7, 11) is 0. The van der Waals surface area contributed by atoms with Crippen LogP contribution in [-0.2, 0) is 20.9 Å². The fraction of sp³-hybridized carbons (Fsp3) is 0.500. The summed E-state index contributed by atoms with van der Waals surface area (Å²) >= 11 is 0. The van der Waals surface area contributed by atoms with E-state index in [4.69, 9.17) is 4.74 Å². The highest BCUT2D eigenvalue weighted by Gasteiger charge is 2.16. The topological polar surface area (TPSA) is 96.5 Å². The third kappa shape index (κ3) is 10.3. The lowest BCUT2D eigenvalue weighted by Crippen LogP contribution is -2.39. The molecule has 1 aromatic carbocycles. The lowest BCUT2D eigenvalue weighted by molar-refractivity contribution is -0.120. The van der Waals surface area contributed by atoms with Crippen LogP contribution in [0.1, 0.15) is 54.0 Å². The number of carbonyl (C=O) groups is 3. The Labute approximate surface area is 173 Å². The zero-order valence-electron chi connectivity index (χ0n) is 18.4. The van der Waals surface area contributed by atoms with Crippen LogP contribution in [0.5, 0.6) is 0 Å². The van der Waals surface area contributed by atoms with Gasteiger partial charge < -0.3 is 20.7 Å². The highest BCUT2D eigenvalue weighted by atomic mass is 16.6. The molecule has 0 spiro atoms. The van der Waals surface area contributed by atoms with E-state index in [0.717, 1.165) is 11.1 Å². The van der Waals surface area contributed by atoms with Gasteiger partial charge in [0.1, 0.15) is 12.1 Å². The highest BCUT2D eigenvalue weighted by Crippen LogP contribution is 2.24. The van der Waals surface area contributed by atoms with Crippen LogP contribution >= 0.6 is 0 Å². The van der Waals surface area contributed by atoms with Gasteiger partial charge in [-0.1, -0.05) is 38.5 Å².